The zero-order chi connectivity index (χ0) is 17.0. The number of amides is 1. The Morgan fingerprint density at radius 3 is 2.70 bits per heavy atom. The van der Waals surface area contributed by atoms with Gasteiger partial charge in [0.25, 0.3) is 0 Å². The van der Waals surface area contributed by atoms with E-state index >= 15 is 0 Å². The number of hydrogen-bond acceptors (Lipinski definition) is 3. The molecule has 0 saturated heterocycles. The smallest absolute Gasteiger partial charge is 0.407 e. The third kappa shape index (κ3) is 5.05. The van der Waals surface area contributed by atoms with Gasteiger partial charge in [-0.05, 0) is 39.0 Å². The van der Waals surface area contributed by atoms with Gasteiger partial charge >= 0.3 is 6.09 Å². The first-order valence-corrected chi connectivity index (χ1v) is 7.21. The minimum absolute atomic E-state index is 0.347. The number of carbonyl (C=O) groups is 1. The first kappa shape index (κ1) is 16.9. The fraction of sp³-hybridized carbons (Fsp3) is 0.375. The molecule has 1 heterocycles. The molecule has 2 N–H and O–H groups in total. The lowest BCUT2D eigenvalue weighted by Gasteiger charge is -2.19. The van der Waals surface area contributed by atoms with Crippen LogP contribution in [0.2, 0.25) is 0 Å². The Kier molecular flexibility index (Phi) is 4.98. The van der Waals surface area contributed by atoms with E-state index in [0.29, 0.717) is 30.0 Å². The van der Waals surface area contributed by atoms with Crippen molar-refractivity contribution in [1.29, 1.82) is 0 Å². The van der Waals surface area contributed by atoms with E-state index in [9.17, 15) is 13.6 Å². The highest BCUT2D eigenvalue weighted by molar-refractivity contribution is 5.67. The van der Waals surface area contributed by atoms with E-state index in [1.165, 1.54) is 12.3 Å². The maximum absolute atomic E-state index is 13.2. The number of benzene rings is 1. The van der Waals surface area contributed by atoms with Crippen LogP contribution in [-0.2, 0) is 11.2 Å². The molecule has 5 nitrogen and oxygen atoms in total. The van der Waals surface area contributed by atoms with Crippen molar-refractivity contribution in [3.05, 3.63) is 41.9 Å². The van der Waals surface area contributed by atoms with Crippen molar-refractivity contribution < 1.29 is 18.3 Å². The van der Waals surface area contributed by atoms with Gasteiger partial charge in [0.05, 0.1) is 11.9 Å². The second-order valence-electron chi connectivity index (χ2n) is 6.05. The molecule has 124 valence electrons. The van der Waals surface area contributed by atoms with E-state index in [1.807, 2.05) is 0 Å². The fourth-order valence-corrected chi connectivity index (χ4v) is 1.90. The summed E-state index contributed by atoms with van der Waals surface area (Å²) in [6, 6.07) is 3.63. The molecule has 0 unspecified atom stereocenters. The van der Waals surface area contributed by atoms with Crippen molar-refractivity contribution in [3.8, 4) is 11.3 Å². The summed E-state index contributed by atoms with van der Waals surface area (Å²) in [4.78, 5) is 18.7. The third-order valence-corrected chi connectivity index (χ3v) is 2.89. The van der Waals surface area contributed by atoms with Gasteiger partial charge in [0.1, 0.15) is 11.4 Å². The normalized spacial score (nSPS) is 11.3. The van der Waals surface area contributed by atoms with Gasteiger partial charge in [-0.15, -0.1) is 0 Å². The molecule has 0 saturated carbocycles. The molecule has 0 spiro atoms. The number of aromatic amines is 1. The summed E-state index contributed by atoms with van der Waals surface area (Å²) in [7, 11) is 0. The van der Waals surface area contributed by atoms with Gasteiger partial charge in [0, 0.05) is 18.5 Å². The molecule has 2 rings (SSSR count). The molecule has 1 aromatic heterocycles. The Balaban J connectivity index is 1.90. The zero-order valence-electron chi connectivity index (χ0n) is 13.2. The quantitative estimate of drug-likeness (QED) is 0.906. The van der Waals surface area contributed by atoms with E-state index in [2.05, 4.69) is 15.3 Å². The van der Waals surface area contributed by atoms with Crippen LogP contribution < -0.4 is 5.32 Å². The molecule has 0 atom stereocenters. The van der Waals surface area contributed by atoms with Gasteiger partial charge in [-0.3, -0.25) is 0 Å². The molecule has 23 heavy (non-hydrogen) atoms. The third-order valence-electron chi connectivity index (χ3n) is 2.89. The molecule has 0 aliphatic heterocycles. The number of nitrogens with one attached hydrogen (secondary N) is 2. The maximum Gasteiger partial charge on any atom is 0.407 e. The van der Waals surface area contributed by atoms with Crippen LogP contribution in [0.4, 0.5) is 13.6 Å². The van der Waals surface area contributed by atoms with Crippen molar-refractivity contribution >= 4 is 6.09 Å². The summed E-state index contributed by atoms with van der Waals surface area (Å²) in [5.74, 6) is -1.18. The largest absolute Gasteiger partial charge is 0.444 e. The van der Waals surface area contributed by atoms with Crippen molar-refractivity contribution in [2.45, 2.75) is 32.8 Å². The first-order chi connectivity index (χ1) is 10.7. The van der Waals surface area contributed by atoms with E-state index in [1.54, 1.807) is 20.8 Å². The van der Waals surface area contributed by atoms with E-state index in [0.717, 1.165) is 12.1 Å². The number of ether oxygens (including phenoxy) is 1. The van der Waals surface area contributed by atoms with E-state index in [-0.39, 0.29) is 0 Å². The molecule has 1 amide bonds. The molecule has 0 fully saturated rings. The topological polar surface area (TPSA) is 67.0 Å². The number of alkyl carbamates (subject to hydrolysis) is 1. The summed E-state index contributed by atoms with van der Waals surface area (Å²) in [5, 5.41) is 2.62. The number of rotatable bonds is 4. The average Bonchev–Trinajstić information content (AvgIpc) is 2.88. The Labute approximate surface area is 133 Å². The van der Waals surface area contributed by atoms with Crippen LogP contribution in [0.3, 0.4) is 0 Å². The molecule has 0 bridgehead atoms. The Bertz CT molecular complexity index is 693. The van der Waals surface area contributed by atoms with Gasteiger partial charge in [0.15, 0.2) is 11.6 Å². The van der Waals surface area contributed by atoms with Gasteiger partial charge in [-0.2, -0.15) is 0 Å². The van der Waals surface area contributed by atoms with Gasteiger partial charge < -0.3 is 15.0 Å². The van der Waals surface area contributed by atoms with Crippen LogP contribution in [0.1, 0.15) is 26.6 Å². The van der Waals surface area contributed by atoms with Crippen LogP contribution >= 0.6 is 0 Å². The average molecular weight is 323 g/mol. The highest BCUT2D eigenvalue weighted by Gasteiger charge is 2.15. The van der Waals surface area contributed by atoms with Gasteiger partial charge in [-0.1, -0.05) is 0 Å². The van der Waals surface area contributed by atoms with Gasteiger partial charge in [-0.25, -0.2) is 18.6 Å². The van der Waals surface area contributed by atoms with Crippen LogP contribution in [0.5, 0.6) is 0 Å². The number of nitrogens with zero attached hydrogens (tertiary/aromatic N) is 1. The lowest BCUT2D eigenvalue weighted by Crippen LogP contribution is -2.33. The summed E-state index contributed by atoms with van der Waals surface area (Å²) >= 11 is 0. The van der Waals surface area contributed by atoms with Gasteiger partial charge in [0.2, 0.25) is 0 Å². The molecule has 7 heteroatoms. The van der Waals surface area contributed by atoms with Crippen LogP contribution in [0, 0.1) is 11.6 Å². The minimum Gasteiger partial charge on any atom is -0.444 e. The predicted octanol–water partition coefficient (Wildman–Crippen LogP) is 3.42. The number of aromatic nitrogens is 2. The maximum atomic E-state index is 13.2. The predicted molar refractivity (Wildman–Crippen MR) is 81.9 cm³/mol. The Morgan fingerprint density at radius 1 is 1.30 bits per heavy atom. The Morgan fingerprint density at radius 2 is 2.04 bits per heavy atom. The summed E-state index contributed by atoms with van der Waals surface area (Å²) in [6.07, 6.45) is 1.50. The molecule has 0 radical (unpaired) electrons. The Hall–Kier alpha value is -2.44. The molecule has 0 aliphatic rings. The second-order valence-corrected chi connectivity index (χ2v) is 6.05. The second kappa shape index (κ2) is 6.76. The van der Waals surface area contributed by atoms with Crippen molar-refractivity contribution in [3.63, 3.8) is 0 Å². The monoisotopic (exact) mass is 323 g/mol. The molecular formula is C16H19F2N3O2. The van der Waals surface area contributed by atoms with Crippen LogP contribution in [0.25, 0.3) is 11.3 Å². The molecule has 2 aromatic rings. The highest BCUT2D eigenvalue weighted by Crippen LogP contribution is 2.19. The minimum atomic E-state index is -0.912. The summed E-state index contributed by atoms with van der Waals surface area (Å²) in [6.45, 7) is 5.70. The molecule has 0 aliphatic carbocycles. The number of hydrogen-bond donors (Lipinski definition) is 2. The number of carbonyl (C=O) groups excluding carboxylic acids is 1. The lowest BCUT2D eigenvalue weighted by atomic mass is 10.1. The number of halogens is 2. The summed E-state index contributed by atoms with van der Waals surface area (Å²) < 4.78 is 31.3. The number of H-pyrrole nitrogens is 1. The van der Waals surface area contributed by atoms with Crippen molar-refractivity contribution in [2.24, 2.45) is 0 Å². The zero-order valence-corrected chi connectivity index (χ0v) is 13.2. The molecule has 1 aromatic carbocycles. The number of imidazole rings is 1. The highest BCUT2D eigenvalue weighted by atomic mass is 19.2. The molecular weight excluding hydrogens is 304 g/mol. The van der Waals surface area contributed by atoms with E-state index < -0.39 is 23.3 Å². The van der Waals surface area contributed by atoms with Crippen molar-refractivity contribution in [1.82, 2.24) is 15.3 Å². The van der Waals surface area contributed by atoms with E-state index in [4.69, 9.17) is 4.74 Å². The SMILES string of the molecule is CC(C)(C)OC(=O)NCCc1ncc(-c2ccc(F)c(F)c2)[nH]1. The van der Waals surface area contributed by atoms with Crippen molar-refractivity contribution in [2.75, 3.05) is 6.54 Å². The summed E-state index contributed by atoms with van der Waals surface area (Å²) in [5.41, 5.74) is 0.535. The first-order valence-electron chi connectivity index (χ1n) is 7.21. The lowest BCUT2D eigenvalue weighted by molar-refractivity contribution is 0.0528. The standard InChI is InChI=1S/C16H19F2N3O2/c1-16(2,3)23-15(22)19-7-6-14-20-9-13(21-14)10-4-5-11(17)12(18)8-10/h4-5,8-9H,6-7H2,1-3H3,(H,19,22)(H,20,21). The fourth-order valence-electron chi connectivity index (χ4n) is 1.90. The van der Waals surface area contributed by atoms with Crippen LogP contribution in [0.15, 0.2) is 24.4 Å². The van der Waals surface area contributed by atoms with Crippen LogP contribution in [-0.4, -0.2) is 28.2 Å².